The molecule has 160 valence electrons. The fourth-order valence-corrected chi connectivity index (χ4v) is 7.86. The monoisotopic (exact) mass is 467 g/mol. The quantitative estimate of drug-likeness (QED) is 0.525. The highest BCUT2D eigenvalue weighted by atomic mass is 32.2. The van der Waals surface area contributed by atoms with Gasteiger partial charge in [0, 0.05) is 11.4 Å². The minimum absolute atomic E-state index is 0.0656. The normalized spacial score (nSPS) is 13.3. The Labute approximate surface area is 180 Å². The number of rotatable bonds is 7. The molecule has 0 aliphatic rings. The van der Waals surface area contributed by atoms with E-state index in [9.17, 15) is 21.2 Å². The SMILES string of the molecule is Cc1cc(C)c(S(=O)(=O)NC[C@@H](c2cccs2)S(=O)(=O)c2ccc(F)cc2)c(C)c1. The molecular weight excluding hydrogens is 445 g/mol. The number of hydrogen-bond acceptors (Lipinski definition) is 5. The Kier molecular flexibility index (Phi) is 6.47. The van der Waals surface area contributed by atoms with E-state index < -0.39 is 30.9 Å². The Morgan fingerprint density at radius 2 is 1.57 bits per heavy atom. The maximum Gasteiger partial charge on any atom is 0.241 e. The highest BCUT2D eigenvalue weighted by Crippen LogP contribution is 2.32. The number of benzene rings is 2. The van der Waals surface area contributed by atoms with Crippen molar-refractivity contribution in [3.8, 4) is 0 Å². The zero-order chi connectivity index (χ0) is 22.1. The number of halogens is 1. The highest BCUT2D eigenvalue weighted by Gasteiger charge is 2.32. The van der Waals surface area contributed by atoms with Gasteiger partial charge in [0.1, 0.15) is 11.1 Å². The van der Waals surface area contributed by atoms with Crippen molar-refractivity contribution in [1.29, 1.82) is 0 Å². The van der Waals surface area contributed by atoms with Crippen LogP contribution in [0.2, 0.25) is 0 Å². The first-order valence-corrected chi connectivity index (χ1v) is 13.0. The van der Waals surface area contributed by atoms with Crippen molar-refractivity contribution in [2.24, 2.45) is 0 Å². The van der Waals surface area contributed by atoms with Gasteiger partial charge in [-0.1, -0.05) is 23.8 Å². The summed E-state index contributed by atoms with van der Waals surface area (Å²) in [4.78, 5) is 0.584. The second-order valence-corrected chi connectivity index (χ2v) is 11.9. The lowest BCUT2D eigenvalue weighted by Crippen LogP contribution is -2.32. The average molecular weight is 468 g/mol. The van der Waals surface area contributed by atoms with Crippen LogP contribution >= 0.6 is 11.3 Å². The molecule has 9 heteroatoms. The Hall–Kier alpha value is -2.07. The Morgan fingerprint density at radius 3 is 2.10 bits per heavy atom. The van der Waals surface area contributed by atoms with Gasteiger partial charge in [0.2, 0.25) is 10.0 Å². The van der Waals surface area contributed by atoms with Crippen molar-refractivity contribution < 1.29 is 21.2 Å². The molecule has 3 aromatic rings. The third-order valence-corrected chi connectivity index (χ3v) is 9.67. The van der Waals surface area contributed by atoms with Crippen molar-refractivity contribution in [3.05, 3.63) is 81.3 Å². The first-order chi connectivity index (χ1) is 14.0. The number of sulfonamides is 1. The van der Waals surface area contributed by atoms with E-state index in [4.69, 9.17) is 0 Å². The van der Waals surface area contributed by atoms with E-state index in [1.807, 2.05) is 6.92 Å². The molecule has 5 nitrogen and oxygen atoms in total. The van der Waals surface area contributed by atoms with Crippen molar-refractivity contribution in [3.63, 3.8) is 0 Å². The highest BCUT2D eigenvalue weighted by molar-refractivity contribution is 7.92. The fourth-order valence-electron chi connectivity index (χ4n) is 3.47. The molecule has 1 atom stereocenters. The van der Waals surface area contributed by atoms with E-state index in [2.05, 4.69) is 4.72 Å². The van der Waals surface area contributed by atoms with Crippen LogP contribution in [0.15, 0.2) is 63.7 Å². The molecule has 0 spiro atoms. The Balaban J connectivity index is 1.97. The van der Waals surface area contributed by atoms with Crippen molar-refractivity contribution in [1.82, 2.24) is 4.72 Å². The van der Waals surface area contributed by atoms with Crippen LogP contribution < -0.4 is 4.72 Å². The molecular formula is C21H22FNO4S3. The van der Waals surface area contributed by atoms with Crippen molar-refractivity contribution in [2.75, 3.05) is 6.54 Å². The lowest BCUT2D eigenvalue weighted by Gasteiger charge is -2.19. The number of nitrogens with one attached hydrogen (secondary N) is 1. The predicted molar refractivity (Wildman–Crippen MR) is 116 cm³/mol. The van der Waals surface area contributed by atoms with Gasteiger partial charge in [-0.25, -0.2) is 25.9 Å². The van der Waals surface area contributed by atoms with Gasteiger partial charge >= 0.3 is 0 Å². The number of sulfone groups is 1. The maximum atomic E-state index is 13.3. The first-order valence-electron chi connectivity index (χ1n) is 9.13. The zero-order valence-corrected chi connectivity index (χ0v) is 19.2. The predicted octanol–water partition coefficient (Wildman–Crippen LogP) is 4.31. The van der Waals surface area contributed by atoms with Gasteiger partial charge < -0.3 is 0 Å². The molecule has 0 fully saturated rings. The van der Waals surface area contributed by atoms with Gasteiger partial charge in [-0.2, -0.15) is 0 Å². The van der Waals surface area contributed by atoms with Crippen molar-refractivity contribution >= 4 is 31.2 Å². The van der Waals surface area contributed by atoms with E-state index in [0.717, 1.165) is 17.7 Å². The molecule has 0 amide bonds. The van der Waals surface area contributed by atoms with Crippen LogP contribution in [-0.4, -0.2) is 23.4 Å². The van der Waals surface area contributed by atoms with Gasteiger partial charge in [0.05, 0.1) is 9.79 Å². The third-order valence-electron chi connectivity index (χ3n) is 4.71. The van der Waals surface area contributed by atoms with E-state index in [1.54, 1.807) is 43.5 Å². The molecule has 0 bridgehead atoms. The molecule has 3 rings (SSSR count). The molecule has 0 radical (unpaired) electrons. The first kappa shape index (κ1) is 22.6. The standard InChI is InChI=1S/C21H22FNO4S3/c1-14-11-15(2)21(16(3)12-14)30(26,27)23-13-20(19-5-4-10-28-19)29(24,25)18-8-6-17(22)7-9-18/h4-12,20,23H,13H2,1-3H3/t20-/m0/s1. The van der Waals surface area contributed by atoms with Gasteiger partial charge in [-0.3, -0.25) is 0 Å². The van der Waals surface area contributed by atoms with E-state index in [1.165, 1.54) is 23.5 Å². The summed E-state index contributed by atoms with van der Waals surface area (Å²) in [5.41, 5.74) is 2.13. The van der Waals surface area contributed by atoms with Crippen LogP contribution in [0, 0.1) is 26.6 Å². The molecule has 1 heterocycles. The molecule has 2 aromatic carbocycles. The molecule has 0 saturated heterocycles. The third kappa shape index (κ3) is 4.64. The largest absolute Gasteiger partial charge is 0.241 e. The smallest absolute Gasteiger partial charge is 0.223 e. The average Bonchev–Trinajstić information content (AvgIpc) is 3.15. The minimum Gasteiger partial charge on any atom is -0.223 e. The number of aryl methyl sites for hydroxylation is 3. The van der Waals surface area contributed by atoms with Gasteiger partial charge in [0.15, 0.2) is 9.84 Å². The number of thiophene rings is 1. The lowest BCUT2D eigenvalue weighted by atomic mass is 10.1. The second-order valence-electron chi connectivity index (χ2n) is 7.08. The molecule has 1 N–H and O–H groups in total. The lowest BCUT2D eigenvalue weighted by molar-refractivity contribution is 0.568. The van der Waals surface area contributed by atoms with Crippen LogP contribution in [0.5, 0.6) is 0 Å². The van der Waals surface area contributed by atoms with Crippen LogP contribution in [0.3, 0.4) is 0 Å². The zero-order valence-electron chi connectivity index (χ0n) is 16.7. The molecule has 0 aliphatic heterocycles. The molecule has 0 aliphatic carbocycles. The van der Waals surface area contributed by atoms with E-state index >= 15 is 0 Å². The van der Waals surface area contributed by atoms with Gasteiger partial charge in [-0.15, -0.1) is 11.3 Å². The summed E-state index contributed by atoms with van der Waals surface area (Å²) in [5.74, 6) is -0.548. The molecule has 0 saturated carbocycles. The van der Waals surface area contributed by atoms with Crippen LogP contribution in [-0.2, 0) is 19.9 Å². The summed E-state index contributed by atoms with van der Waals surface area (Å²) < 4.78 is 68.2. The second kappa shape index (κ2) is 8.58. The minimum atomic E-state index is -3.96. The Bertz CT molecular complexity index is 1230. The summed E-state index contributed by atoms with van der Waals surface area (Å²) in [5, 5.41) is 0.592. The molecule has 1 aromatic heterocycles. The van der Waals surface area contributed by atoms with Crippen LogP contribution in [0.4, 0.5) is 4.39 Å². The van der Waals surface area contributed by atoms with E-state index in [-0.39, 0.29) is 16.3 Å². The fraction of sp³-hybridized carbons (Fsp3) is 0.238. The summed E-state index contributed by atoms with van der Waals surface area (Å²) in [6, 6.07) is 11.4. The van der Waals surface area contributed by atoms with Crippen molar-refractivity contribution in [2.45, 2.75) is 35.8 Å². The topological polar surface area (TPSA) is 80.3 Å². The van der Waals surface area contributed by atoms with Gasteiger partial charge in [0.25, 0.3) is 0 Å². The number of hydrogen-bond donors (Lipinski definition) is 1. The molecule has 30 heavy (non-hydrogen) atoms. The van der Waals surface area contributed by atoms with Gasteiger partial charge in [-0.05, 0) is 67.6 Å². The summed E-state index contributed by atoms with van der Waals surface area (Å²) >= 11 is 1.22. The summed E-state index contributed by atoms with van der Waals surface area (Å²) in [6.45, 7) is 4.96. The Morgan fingerprint density at radius 1 is 0.967 bits per heavy atom. The molecule has 0 unspecified atom stereocenters. The maximum absolute atomic E-state index is 13.3. The van der Waals surface area contributed by atoms with Crippen LogP contribution in [0.25, 0.3) is 0 Å². The summed E-state index contributed by atoms with van der Waals surface area (Å²) in [7, 11) is -7.90. The summed E-state index contributed by atoms with van der Waals surface area (Å²) in [6.07, 6.45) is 0. The van der Waals surface area contributed by atoms with Crippen LogP contribution in [0.1, 0.15) is 26.8 Å². The van der Waals surface area contributed by atoms with E-state index in [0.29, 0.717) is 16.0 Å².